The molecule has 0 aromatic carbocycles. The van der Waals surface area contributed by atoms with E-state index in [4.69, 9.17) is 4.52 Å². The van der Waals surface area contributed by atoms with Crippen LogP contribution in [0, 0.1) is 0 Å². The number of aliphatic hydroxyl groups is 1. The zero-order valence-corrected chi connectivity index (χ0v) is 10.5. The molecule has 0 spiro atoms. The molecule has 2 aliphatic rings. The molecule has 0 unspecified atom stereocenters. The van der Waals surface area contributed by atoms with Crippen LogP contribution in [0.5, 0.6) is 0 Å². The van der Waals surface area contributed by atoms with Crippen molar-refractivity contribution in [1.82, 2.24) is 15.5 Å². The maximum Gasteiger partial charge on any atom is 0.266 e. The fourth-order valence-corrected chi connectivity index (χ4v) is 2.67. The molecule has 3 rings (SSSR count). The van der Waals surface area contributed by atoms with Gasteiger partial charge in [-0.05, 0) is 24.4 Å². The molecule has 2 fully saturated rings. The molecule has 2 N–H and O–H groups in total. The van der Waals surface area contributed by atoms with Crippen LogP contribution < -0.4 is 10.2 Å². The first kappa shape index (κ1) is 11.9. The van der Waals surface area contributed by atoms with Gasteiger partial charge < -0.3 is 19.8 Å². The number of hydrogen-bond acceptors (Lipinski definition) is 6. The third-order valence-electron chi connectivity index (χ3n) is 3.73. The van der Waals surface area contributed by atoms with Gasteiger partial charge in [0.2, 0.25) is 5.89 Å². The molecule has 2 aliphatic heterocycles. The van der Waals surface area contributed by atoms with Crippen LogP contribution in [-0.2, 0) is 0 Å². The average Bonchev–Trinajstić information content (AvgIpc) is 2.92. The lowest BCUT2D eigenvalue weighted by molar-refractivity contribution is 0.191. The summed E-state index contributed by atoms with van der Waals surface area (Å²) in [5.74, 6) is 1.31. The molecule has 100 valence electrons. The summed E-state index contributed by atoms with van der Waals surface area (Å²) < 4.78 is 5.31. The molecule has 6 nitrogen and oxygen atoms in total. The van der Waals surface area contributed by atoms with Crippen molar-refractivity contribution in [3.8, 4) is 0 Å². The van der Waals surface area contributed by atoms with Crippen molar-refractivity contribution in [2.24, 2.45) is 0 Å². The summed E-state index contributed by atoms with van der Waals surface area (Å²) in [6, 6.07) is 0.00762. The second-order valence-corrected chi connectivity index (χ2v) is 5.18. The lowest BCUT2D eigenvalue weighted by atomic mass is 10.2. The minimum Gasteiger partial charge on any atom is -0.392 e. The van der Waals surface area contributed by atoms with E-state index in [1.54, 1.807) is 0 Å². The van der Waals surface area contributed by atoms with E-state index in [2.05, 4.69) is 20.4 Å². The number of aromatic nitrogens is 2. The Kier molecular flexibility index (Phi) is 3.47. The average molecular weight is 252 g/mol. The van der Waals surface area contributed by atoms with Crippen LogP contribution in [-0.4, -0.2) is 41.0 Å². The lowest BCUT2D eigenvalue weighted by Crippen LogP contribution is -2.25. The monoisotopic (exact) mass is 252 g/mol. The molecule has 1 aromatic rings. The molecule has 0 saturated carbocycles. The molecular weight excluding hydrogens is 232 g/mol. The first-order chi connectivity index (χ1) is 8.83. The predicted octanol–water partition coefficient (Wildman–Crippen LogP) is 0.845. The Bertz CT molecular complexity index is 387. The molecule has 2 saturated heterocycles. The summed E-state index contributed by atoms with van der Waals surface area (Å²) in [5, 5.41) is 16.7. The van der Waals surface area contributed by atoms with Crippen molar-refractivity contribution in [1.29, 1.82) is 0 Å². The highest BCUT2D eigenvalue weighted by molar-refractivity contribution is 5.28. The van der Waals surface area contributed by atoms with Gasteiger partial charge in [-0.15, -0.1) is 0 Å². The third-order valence-corrected chi connectivity index (χ3v) is 3.73. The van der Waals surface area contributed by atoms with Crippen molar-refractivity contribution >= 4 is 5.95 Å². The van der Waals surface area contributed by atoms with Crippen LogP contribution in [0.15, 0.2) is 4.52 Å². The van der Waals surface area contributed by atoms with Crippen molar-refractivity contribution in [3.05, 3.63) is 5.89 Å². The number of β-amino-alcohol motifs (C(OH)–C–C–N with tert-alkyl or cyclic N) is 1. The van der Waals surface area contributed by atoms with Gasteiger partial charge >= 0.3 is 0 Å². The number of anilines is 1. The Labute approximate surface area is 106 Å². The number of nitrogens with one attached hydrogen (secondary N) is 1. The van der Waals surface area contributed by atoms with Crippen LogP contribution in [0.25, 0.3) is 0 Å². The van der Waals surface area contributed by atoms with Crippen molar-refractivity contribution < 1.29 is 9.63 Å². The second kappa shape index (κ2) is 5.24. The Morgan fingerprint density at radius 3 is 2.67 bits per heavy atom. The predicted molar refractivity (Wildman–Crippen MR) is 66.3 cm³/mol. The Hall–Kier alpha value is -1.14. The first-order valence-corrected chi connectivity index (χ1v) is 6.83. The minimum atomic E-state index is -0.302. The van der Waals surface area contributed by atoms with Crippen LogP contribution in [0.3, 0.4) is 0 Å². The van der Waals surface area contributed by atoms with Gasteiger partial charge in [0.25, 0.3) is 5.95 Å². The first-order valence-electron chi connectivity index (χ1n) is 6.83. The highest BCUT2D eigenvalue weighted by Crippen LogP contribution is 2.24. The highest BCUT2D eigenvalue weighted by atomic mass is 16.5. The molecule has 1 aromatic heterocycles. The quantitative estimate of drug-likeness (QED) is 0.812. The lowest BCUT2D eigenvalue weighted by Gasteiger charge is -2.16. The van der Waals surface area contributed by atoms with Gasteiger partial charge in [-0.25, -0.2) is 0 Å². The summed E-state index contributed by atoms with van der Waals surface area (Å²) in [6.07, 6.45) is 5.33. The van der Waals surface area contributed by atoms with Crippen molar-refractivity contribution in [2.75, 3.05) is 24.5 Å². The SMILES string of the molecule is O[C@H]1CN[C@H](c2nc(N3CCCCCC3)no2)C1. The zero-order valence-electron chi connectivity index (χ0n) is 10.5. The molecule has 6 heteroatoms. The van der Waals surface area contributed by atoms with E-state index in [-0.39, 0.29) is 12.1 Å². The molecule has 18 heavy (non-hydrogen) atoms. The Balaban J connectivity index is 1.68. The summed E-state index contributed by atoms with van der Waals surface area (Å²) in [6.45, 7) is 2.63. The number of hydrogen-bond donors (Lipinski definition) is 2. The Morgan fingerprint density at radius 1 is 1.22 bits per heavy atom. The fraction of sp³-hybridized carbons (Fsp3) is 0.833. The number of aliphatic hydroxyl groups excluding tert-OH is 1. The van der Waals surface area contributed by atoms with E-state index in [1.807, 2.05) is 0 Å². The number of nitrogens with zero attached hydrogens (tertiary/aromatic N) is 3. The fourth-order valence-electron chi connectivity index (χ4n) is 2.67. The van der Waals surface area contributed by atoms with Gasteiger partial charge in [0.1, 0.15) is 0 Å². The van der Waals surface area contributed by atoms with Crippen LogP contribution in [0.1, 0.15) is 44.0 Å². The molecule has 3 heterocycles. The molecule has 2 atom stereocenters. The standard InChI is InChI=1S/C12H20N4O2/c17-9-7-10(13-8-9)11-14-12(15-18-11)16-5-3-1-2-4-6-16/h9-10,13,17H,1-8H2/t9-,10+/m1/s1. The molecule has 0 aliphatic carbocycles. The smallest absolute Gasteiger partial charge is 0.266 e. The van der Waals surface area contributed by atoms with E-state index in [0.29, 0.717) is 24.8 Å². The maximum absolute atomic E-state index is 9.49. The normalized spacial score (nSPS) is 29.5. The second-order valence-electron chi connectivity index (χ2n) is 5.18. The van der Waals surface area contributed by atoms with Gasteiger partial charge in [0, 0.05) is 19.6 Å². The Morgan fingerprint density at radius 2 is 2.00 bits per heavy atom. The van der Waals surface area contributed by atoms with Gasteiger partial charge in [0.15, 0.2) is 0 Å². The van der Waals surface area contributed by atoms with E-state index >= 15 is 0 Å². The summed E-state index contributed by atoms with van der Waals surface area (Å²) in [5.41, 5.74) is 0. The van der Waals surface area contributed by atoms with Crippen LogP contribution in [0.2, 0.25) is 0 Å². The maximum atomic E-state index is 9.49. The largest absolute Gasteiger partial charge is 0.392 e. The van der Waals surface area contributed by atoms with Crippen LogP contribution >= 0.6 is 0 Å². The number of rotatable bonds is 2. The van der Waals surface area contributed by atoms with Crippen molar-refractivity contribution in [2.45, 2.75) is 44.2 Å². The summed E-state index contributed by atoms with van der Waals surface area (Å²) in [7, 11) is 0. The van der Waals surface area contributed by atoms with Crippen molar-refractivity contribution in [3.63, 3.8) is 0 Å². The summed E-state index contributed by atoms with van der Waals surface area (Å²) in [4.78, 5) is 6.67. The van der Waals surface area contributed by atoms with E-state index in [0.717, 1.165) is 13.1 Å². The van der Waals surface area contributed by atoms with Gasteiger partial charge in [-0.3, -0.25) is 0 Å². The van der Waals surface area contributed by atoms with E-state index in [9.17, 15) is 5.11 Å². The third kappa shape index (κ3) is 2.49. The topological polar surface area (TPSA) is 74.4 Å². The van der Waals surface area contributed by atoms with Gasteiger partial charge in [-0.2, -0.15) is 4.98 Å². The van der Waals surface area contributed by atoms with Gasteiger partial charge in [0.05, 0.1) is 12.1 Å². The summed E-state index contributed by atoms with van der Waals surface area (Å²) >= 11 is 0. The molecule has 0 radical (unpaired) electrons. The van der Waals surface area contributed by atoms with E-state index in [1.165, 1.54) is 25.7 Å². The minimum absolute atomic E-state index is 0.00762. The zero-order chi connectivity index (χ0) is 12.4. The molecular formula is C12H20N4O2. The van der Waals surface area contributed by atoms with E-state index < -0.39 is 0 Å². The molecule has 0 amide bonds. The molecule has 0 bridgehead atoms. The van der Waals surface area contributed by atoms with Crippen LogP contribution in [0.4, 0.5) is 5.95 Å². The van der Waals surface area contributed by atoms with Gasteiger partial charge in [-0.1, -0.05) is 12.8 Å². The highest BCUT2D eigenvalue weighted by Gasteiger charge is 2.28.